The van der Waals surface area contributed by atoms with Crippen molar-refractivity contribution in [2.75, 3.05) is 40.3 Å². The second-order valence-electron chi connectivity index (χ2n) is 4.91. The van der Waals surface area contributed by atoms with Crippen LogP contribution in [-0.4, -0.2) is 78.1 Å². The van der Waals surface area contributed by atoms with Crippen LogP contribution in [0.1, 0.15) is 12.8 Å². The third-order valence-electron chi connectivity index (χ3n) is 3.33. The number of nitrogens with zero attached hydrogens (tertiary/aromatic N) is 3. The third kappa shape index (κ3) is 4.45. The molecule has 1 fully saturated rings. The molecule has 0 saturated carbocycles. The molecule has 1 aliphatic heterocycles. The molecule has 0 aliphatic carbocycles. The van der Waals surface area contributed by atoms with E-state index in [0.29, 0.717) is 0 Å². The van der Waals surface area contributed by atoms with Gasteiger partial charge in [0.15, 0.2) is 0 Å². The number of urea groups is 1. The minimum Gasteiger partial charge on any atom is -0.480 e. The Morgan fingerprint density at radius 1 is 1.53 bits per heavy atom. The SMILES string of the molecule is C#CCN(CC(=O)O)C(=O)N(C)C1CCCN(C)C1. The van der Waals surface area contributed by atoms with Crippen LogP contribution < -0.4 is 0 Å². The number of aliphatic carboxylic acids is 1. The van der Waals surface area contributed by atoms with Gasteiger partial charge < -0.3 is 19.8 Å². The van der Waals surface area contributed by atoms with E-state index in [9.17, 15) is 9.59 Å². The molecule has 1 N–H and O–H groups in total. The van der Waals surface area contributed by atoms with E-state index in [1.54, 1.807) is 11.9 Å². The predicted octanol–water partition coefficient (Wildman–Crippen LogP) is 0.152. The molecule has 0 bridgehead atoms. The first kappa shape index (κ1) is 15.3. The van der Waals surface area contributed by atoms with Gasteiger partial charge in [0.1, 0.15) is 6.54 Å². The molecule has 1 atom stereocenters. The standard InChI is InChI=1S/C13H21N3O3/c1-4-7-16(10-12(17)18)13(19)15(3)11-6-5-8-14(2)9-11/h1,11H,5-10H2,2-3H3,(H,17,18). The summed E-state index contributed by atoms with van der Waals surface area (Å²) in [7, 11) is 3.72. The van der Waals surface area contributed by atoms with E-state index >= 15 is 0 Å². The zero-order valence-corrected chi connectivity index (χ0v) is 11.5. The highest BCUT2D eigenvalue weighted by atomic mass is 16.4. The highest BCUT2D eigenvalue weighted by molar-refractivity contribution is 5.80. The van der Waals surface area contributed by atoms with Crippen LogP contribution >= 0.6 is 0 Å². The number of carboxylic acid groups (broad SMARTS) is 1. The van der Waals surface area contributed by atoms with Gasteiger partial charge in [0, 0.05) is 19.6 Å². The molecule has 2 amide bonds. The number of hydrogen-bond acceptors (Lipinski definition) is 3. The number of carbonyl (C=O) groups is 2. The molecule has 0 radical (unpaired) electrons. The highest BCUT2D eigenvalue weighted by Gasteiger charge is 2.28. The molecule has 0 spiro atoms. The van der Waals surface area contributed by atoms with Crippen molar-refractivity contribution in [2.24, 2.45) is 0 Å². The van der Waals surface area contributed by atoms with E-state index < -0.39 is 5.97 Å². The molecule has 1 aliphatic rings. The van der Waals surface area contributed by atoms with Crippen molar-refractivity contribution in [3.63, 3.8) is 0 Å². The number of amides is 2. The summed E-state index contributed by atoms with van der Waals surface area (Å²) in [5, 5.41) is 8.80. The monoisotopic (exact) mass is 267 g/mol. The average molecular weight is 267 g/mol. The van der Waals surface area contributed by atoms with Gasteiger partial charge in [-0.15, -0.1) is 6.42 Å². The van der Waals surface area contributed by atoms with Crippen LogP contribution in [0.3, 0.4) is 0 Å². The molecular weight excluding hydrogens is 246 g/mol. The van der Waals surface area contributed by atoms with Gasteiger partial charge in [-0.1, -0.05) is 5.92 Å². The van der Waals surface area contributed by atoms with Gasteiger partial charge in [-0.3, -0.25) is 4.79 Å². The lowest BCUT2D eigenvalue weighted by molar-refractivity contribution is -0.137. The molecule has 0 aromatic rings. The molecule has 1 heterocycles. The summed E-state index contributed by atoms with van der Waals surface area (Å²) in [6.07, 6.45) is 7.15. The van der Waals surface area contributed by atoms with Crippen molar-refractivity contribution in [2.45, 2.75) is 18.9 Å². The summed E-state index contributed by atoms with van der Waals surface area (Å²) in [4.78, 5) is 28.0. The van der Waals surface area contributed by atoms with Crippen molar-refractivity contribution in [3.05, 3.63) is 0 Å². The quantitative estimate of drug-likeness (QED) is 0.737. The van der Waals surface area contributed by atoms with E-state index in [1.165, 1.54) is 4.90 Å². The van der Waals surface area contributed by atoms with Gasteiger partial charge >= 0.3 is 12.0 Å². The summed E-state index contributed by atoms with van der Waals surface area (Å²) in [5.74, 6) is 1.27. The Morgan fingerprint density at radius 3 is 2.74 bits per heavy atom. The Morgan fingerprint density at radius 2 is 2.21 bits per heavy atom. The number of likely N-dealkylation sites (N-methyl/N-ethyl adjacent to an activating group) is 2. The number of terminal acetylenes is 1. The Kier molecular flexibility index (Phi) is 5.64. The molecule has 6 nitrogen and oxygen atoms in total. The van der Waals surface area contributed by atoms with E-state index in [2.05, 4.69) is 10.8 Å². The first-order valence-corrected chi connectivity index (χ1v) is 6.31. The van der Waals surface area contributed by atoms with Gasteiger partial charge in [-0.2, -0.15) is 0 Å². The zero-order chi connectivity index (χ0) is 14.4. The minimum atomic E-state index is -1.06. The summed E-state index contributed by atoms with van der Waals surface area (Å²) in [6.45, 7) is 1.48. The predicted molar refractivity (Wildman–Crippen MR) is 71.7 cm³/mol. The smallest absolute Gasteiger partial charge is 0.323 e. The number of carboxylic acids is 1. The van der Waals surface area contributed by atoms with Gasteiger partial charge in [0.25, 0.3) is 0 Å². The Hall–Kier alpha value is -1.74. The summed E-state index contributed by atoms with van der Waals surface area (Å²) in [5.41, 5.74) is 0. The average Bonchev–Trinajstić information content (AvgIpc) is 2.36. The molecule has 106 valence electrons. The van der Waals surface area contributed by atoms with Gasteiger partial charge in [-0.05, 0) is 26.4 Å². The lowest BCUT2D eigenvalue weighted by Gasteiger charge is -2.37. The number of likely N-dealkylation sites (tertiary alicyclic amines) is 1. The van der Waals surface area contributed by atoms with Crippen molar-refractivity contribution in [1.29, 1.82) is 0 Å². The fraction of sp³-hybridized carbons (Fsp3) is 0.692. The van der Waals surface area contributed by atoms with Crippen molar-refractivity contribution in [3.8, 4) is 12.3 Å². The third-order valence-corrected chi connectivity index (χ3v) is 3.33. The van der Waals surface area contributed by atoms with Crippen molar-refractivity contribution >= 4 is 12.0 Å². The molecule has 19 heavy (non-hydrogen) atoms. The highest BCUT2D eigenvalue weighted by Crippen LogP contribution is 2.14. The Balaban J connectivity index is 2.66. The largest absolute Gasteiger partial charge is 0.480 e. The lowest BCUT2D eigenvalue weighted by Crippen LogP contribution is -2.52. The second kappa shape index (κ2) is 7.00. The van der Waals surface area contributed by atoms with Crippen molar-refractivity contribution < 1.29 is 14.7 Å². The summed E-state index contributed by atoms with van der Waals surface area (Å²) in [6, 6.07) is -0.207. The molecule has 0 aromatic heterocycles. The van der Waals surface area contributed by atoms with Crippen LogP contribution in [0.25, 0.3) is 0 Å². The van der Waals surface area contributed by atoms with Crippen LogP contribution in [0.2, 0.25) is 0 Å². The molecule has 1 unspecified atom stereocenters. The first-order valence-electron chi connectivity index (χ1n) is 6.31. The maximum Gasteiger partial charge on any atom is 0.323 e. The fourth-order valence-electron chi connectivity index (χ4n) is 2.30. The second-order valence-corrected chi connectivity index (χ2v) is 4.91. The van der Waals surface area contributed by atoms with Crippen LogP contribution in [0, 0.1) is 12.3 Å². The zero-order valence-electron chi connectivity index (χ0n) is 11.5. The van der Waals surface area contributed by atoms with Gasteiger partial charge in [0.05, 0.1) is 6.54 Å². The molecule has 1 rings (SSSR count). The van der Waals surface area contributed by atoms with Crippen molar-refractivity contribution in [1.82, 2.24) is 14.7 Å². The van der Waals surface area contributed by atoms with Gasteiger partial charge in [0.2, 0.25) is 0 Å². The van der Waals surface area contributed by atoms with E-state index in [-0.39, 0.29) is 25.2 Å². The van der Waals surface area contributed by atoms with Crippen LogP contribution in [0.4, 0.5) is 4.79 Å². The maximum absolute atomic E-state index is 12.2. The molecule has 0 aromatic carbocycles. The van der Waals surface area contributed by atoms with Crippen LogP contribution in [0.15, 0.2) is 0 Å². The number of piperidine rings is 1. The maximum atomic E-state index is 12.2. The summed E-state index contributed by atoms with van der Waals surface area (Å²) < 4.78 is 0. The Labute approximate surface area is 114 Å². The molecule has 6 heteroatoms. The normalized spacial score (nSPS) is 19.5. The van der Waals surface area contributed by atoms with E-state index in [0.717, 1.165) is 25.9 Å². The molecule has 1 saturated heterocycles. The molecular formula is C13H21N3O3. The fourth-order valence-corrected chi connectivity index (χ4v) is 2.30. The van der Waals surface area contributed by atoms with Crippen LogP contribution in [0.5, 0.6) is 0 Å². The lowest BCUT2D eigenvalue weighted by atomic mass is 10.1. The van der Waals surface area contributed by atoms with E-state index in [4.69, 9.17) is 11.5 Å². The van der Waals surface area contributed by atoms with Crippen LogP contribution in [-0.2, 0) is 4.79 Å². The van der Waals surface area contributed by atoms with Gasteiger partial charge in [-0.25, -0.2) is 4.79 Å². The summed E-state index contributed by atoms with van der Waals surface area (Å²) >= 11 is 0. The number of carbonyl (C=O) groups excluding carboxylic acids is 1. The Bertz CT molecular complexity index is 378. The topological polar surface area (TPSA) is 64.1 Å². The number of rotatable bonds is 4. The first-order chi connectivity index (χ1) is 8.95. The number of hydrogen-bond donors (Lipinski definition) is 1. The van der Waals surface area contributed by atoms with E-state index in [1.807, 2.05) is 7.05 Å². The minimum absolute atomic E-state index is 0.0119.